The Labute approximate surface area is 90.6 Å². The second kappa shape index (κ2) is 6.21. The molecule has 0 fully saturated rings. The van der Waals surface area contributed by atoms with E-state index < -0.39 is 13.6 Å². The molecule has 0 aromatic carbocycles. The highest BCUT2D eigenvalue weighted by Gasteiger charge is 2.40. The van der Waals surface area contributed by atoms with Crippen LogP contribution in [-0.2, 0) is 13.3 Å². The lowest BCUT2D eigenvalue weighted by Crippen LogP contribution is -2.44. The third kappa shape index (κ3) is 4.14. The minimum Gasteiger partial charge on any atom is -0.377 e. The summed E-state index contributed by atoms with van der Waals surface area (Å²) in [5.74, 6) is 0.0925. The maximum Gasteiger partial charge on any atom is 0.500 e. The van der Waals surface area contributed by atoms with E-state index in [-0.39, 0.29) is 5.92 Å². The number of hydrogen-bond acceptors (Lipinski definition) is 3. The average molecular weight is 247 g/mol. The second-order valence-electron chi connectivity index (χ2n) is 2.81. The molecule has 1 unspecified atom stereocenters. The number of hydrogen-bond donors (Lipinski definition) is 0. The van der Waals surface area contributed by atoms with E-state index in [9.17, 15) is 0 Å². The molecule has 80 valence electrons. The number of rotatable bonds is 6. The Morgan fingerprint density at radius 1 is 1.08 bits per heavy atom. The van der Waals surface area contributed by atoms with E-state index >= 15 is 0 Å². The molecule has 0 rings (SSSR count). The maximum absolute atomic E-state index is 5.73. The van der Waals surface area contributed by atoms with Crippen molar-refractivity contribution >= 4 is 32.0 Å². The molecule has 0 spiro atoms. The highest BCUT2D eigenvalue weighted by Crippen LogP contribution is 2.26. The highest BCUT2D eigenvalue weighted by molar-refractivity contribution is 6.61. The molecule has 0 radical (unpaired) electrons. The lowest BCUT2D eigenvalue weighted by atomic mass is 10.3. The molecule has 0 N–H and O–H groups in total. The van der Waals surface area contributed by atoms with Gasteiger partial charge in [-0.3, -0.25) is 0 Å². The standard InChI is InChI=1S/C7H16Cl2O3Si/c1-6(7(8)9)5-13(10-2,11-3)12-4/h6-7H,5H2,1-4H3. The summed E-state index contributed by atoms with van der Waals surface area (Å²) in [5.41, 5.74) is 0. The first-order chi connectivity index (χ1) is 6.01. The third-order valence-electron chi connectivity index (χ3n) is 1.94. The van der Waals surface area contributed by atoms with Crippen molar-refractivity contribution in [2.45, 2.75) is 17.8 Å². The largest absolute Gasteiger partial charge is 0.500 e. The van der Waals surface area contributed by atoms with Crippen LogP contribution in [-0.4, -0.2) is 35.0 Å². The van der Waals surface area contributed by atoms with E-state index in [1.807, 2.05) is 6.92 Å². The molecule has 1 atom stereocenters. The fraction of sp³-hybridized carbons (Fsp3) is 1.00. The molecule has 0 aromatic rings. The minimum absolute atomic E-state index is 0.0925. The zero-order chi connectivity index (χ0) is 10.5. The second-order valence-corrected chi connectivity index (χ2v) is 6.97. The van der Waals surface area contributed by atoms with E-state index in [0.29, 0.717) is 6.04 Å². The normalized spacial score (nSPS) is 15.0. The van der Waals surface area contributed by atoms with Crippen LogP contribution in [0, 0.1) is 5.92 Å². The Kier molecular flexibility index (Phi) is 6.54. The Balaban J connectivity index is 4.24. The van der Waals surface area contributed by atoms with Crippen molar-refractivity contribution < 1.29 is 13.3 Å². The molecule has 13 heavy (non-hydrogen) atoms. The Hall–Kier alpha value is 0.677. The molecular formula is C7H16Cl2O3Si. The lowest BCUT2D eigenvalue weighted by molar-refractivity contribution is 0.119. The quantitative estimate of drug-likeness (QED) is 0.532. The van der Waals surface area contributed by atoms with E-state index in [2.05, 4.69) is 0 Å². The highest BCUT2D eigenvalue weighted by atomic mass is 35.5. The lowest BCUT2D eigenvalue weighted by Gasteiger charge is -2.27. The zero-order valence-corrected chi connectivity index (χ0v) is 10.9. The first-order valence-corrected chi connectivity index (χ1v) is 6.75. The van der Waals surface area contributed by atoms with Crippen LogP contribution in [0.2, 0.25) is 6.04 Å². The predicted molar refractivity (Wildman–Crippen MR) is 56.2 cm³/mol. The predicted octanol–water partition coefficient (Wildman–Crippen LogP) is 2.30. The van der Waals surface area contributed by atoms with Crippen molar-refractivity contribution in [2.24, 2.45) is 5.92 Å². The van der Waals surface area contributed by atoms with Gasteiger partial charge in [0.1, 0.15) is 4.84 Å². The van der Waals surface area contributed by atoms with Gasteiger partial charge in [0.2, 0.25) is 0 Å². The molecular weight excluding hydrogens is 231 g/mol. The molecule has 6 heteroatoms. The van der Waals surface area contributed by atoms with Gasteiger partial charge in [0, 0.05) is 27.4 Å². The van der Waals surface area contributed by atoms with Gasteiger partial charge in [0.25, 0.3) is 0 Å². The molecule has 0 saturated carbocycles. The SMILES string of the molecule is CO[Si](CC(C)C(Cl)Cl)(OC)OC. The van der Waals surface area contributed by atoms with Crippen molar-refractivity contribution in [3.8, 4) is 0 Å². The van der Waals surface area contributed by atoms with Crippen molar-refractivity contribution in [1.29, 1.82) is 0 Å². The summed E-state index contributed by atoms with van der Waals surface area (Å²) in [6.45, 7) is 1.93. The van der Waals surface area contributed by atoms with E-state index in [4.69, 9.17) is 36.5 Å². The van der Waals surface area contributed by atoms with Gasteiger partial charge in [0.15, 0.2) is 0 Å². The summed E-state index contributed by atoms with van der Waals surface area (Å²) in [7, 11) is 2.21. The smallest absolute Gasteiger partial charge is 0.377 e. The molecule has 0 bridgehead atoms. The van der Waals surface area contributed by atoms with Crippen molar-refractivity contribution in [3.05, 3.63) is 0 Å². The maximum atomic E-state index is 5.73. The summed E-state index contributed by atoms with van der Waals surface area (Å²) in [6, 6.07) is 0.619. The first-order valence-electron chi connectivity index (χ1n) is 3.95. The van der Waals surface area contributed by atoms with Crippen LogP contribution in [0.5, 0.6) is 0 Å². The molecule has 0 heterocycles. The summed E-state index contributed by atoms with van der Waals surface area (Å²) in [5, 5.41) is 0. The summed E-state index contributed by atoms with van der Waals surface area (Å²) in [4.78, 5) is -0.424. The van der Waals surface area contributed by atoms with Gasteiger partial charge in [0.05, 0.1) is 0 Å². The van der Waals surface area contributed by atoms with Gasteiger partial charge < -0.3 is 13.3 Å². The fourth-order valence-corrected chi connectivity index (χ4v) is 3.48. The first kappa shape index (κ1) is 13.7. The van der Waals surface area contributed by atoms with Gasteiger partial charge in [-0.05, 0) is 5.92 Å². The van der Waals surface area contributed by atoms with Gasteiger partial charge in [-0.2, -0.15) is 0 Å². The van der Waals surface area contributed by atoms with Gasteiger partial charge in [-0.1, -0.05) is 6.92 Å². The molecule has 0 saturated heterocycles. The molecule has 0 aromatic heterocycles. The Morgan fingerprint density at radius 3 is 1.69 bits per heavy atom. The van der Waals surface area contributed by atoms with Crippen LogP contribution in [0.4, 0.5) is 0 Å². The number of alkyl halides is 2. The van der Waals surface area contributed by atoms with Crippen LogP contribution in [0.3, 0.4) is 0 Å². The van der Waals surface area contributed by atoms with Crippen LogP contribution >= 0.6 is 23.2 Å². The van der Waals surface area contributed by atoms with Gasteiger partial charge in [-0.15, -0.1) is 23.2 Å². The average Bonchev–Trinajstić information content (AvgIpc) is 2.14. The van der Waals surface area contributed by atoms with Crippen molar-refractivity contribution in [2.75, 3.05) is 21.3 Å². The molecule has 0 aliphatic heterocycles. The van der Waals surface area contributed by atoms with Gasteiger partial charge in [-0.25, -0.2) is 0 Å². The fourth-order valence-electron chi connectivity index (χ4n) is 0.983. The summed E-state index contributed by atoms with van der Waals surface area (Å²) < 4.78 is 15.7. The molecule has 0 amide bonds. The topological polar surface area (TPSA) is 27.7 Å². The molecule has 3 nitrogen and oxygen atoms in total. The van der Waals surface area contributed by atoms with E-state index in [0.717, 1.165) is 0 Å². The van der Waals surface area contributed by atoms with Crippen molar-refractivity contribution in [1.82, 2.24) is 0 Å². The zero-order valence-electron chi connectivity index (χ0n) is 8.34. The Bertz CT molecular complexity index is 133. The van der Waals surface area contributed by atoms with Crippen LogP contribution in [0.15, 0.2) is 0 Å². The van der Waals surface area contributed by atoms with Crippen LogP contribution in [0.1, 0.15) is 6.92 Å². The van der Waals surface area contributed by atoms with Crippen LogP contribution in [0.25, 0.3) is 0 Å². The van der Waals surface area contributed by atoms with E-state index in [1.165, 1.54) is 0 Å². The van der Waals surface area contributed by atoms with E-state index in [1.54, 1.807) is 21.3 Å². The van der Waals surface area contributed by atoms with Crippen molar-refractivity contribution in [3.63, 3.8) is 0 Å². The summed E-state index contributed by atoms with van der Waals surface area (Å²) >= 11 is 11.5. The Morgan fingerprint density at radius 2 is 1.46 bits per heavy atom. The molecule has 0 aliphatic carbocycles. The molecule has 0 aliphatic rings. The minimum atomic E-state index is -2.51. The van der Waals surface area contributed by atoms with Gasteiger partial charge >= 0.3 is 8.80 Å². The monoisotopic (exact) mass is 246 g/mol. The van der Waals surface area contributed by atoms with Crippen LogP contribution < -0.4 is 0 Å². The summed E-state index contributed by atoms with van der Waals surface area (Å²) in [6.07, 6.45) is 0. The number of halogens is 2. The third-order valence-corrected chi connectivity index (χ3v) is 5.81.